The number of thiazole rings is 1. The van der Waals surface area contributed by atoms with Crippen molar-refractivity contribution in [1.29, 1.82) is 0 Å². The molecule has 0 fully saturated rings. The highest BCUT2D eigenvalue weighted by Crippen LogP contribution is 2.32. The molecule has 1 aromatic carbocycles. The number of aromatic nitrogens is 3. The molecule has 0 spiro atoms. The summed E-state index contributed by atoms with van der Waals surface area (Å²) in [5.74, 6) is 1.78. The van der Waals surface area contributed by atoms with Crippen LogP contribution in [0.4, 0.5) is 5.13 Å². The molecule has 3 rings (SSSR count). The second-order valence-electron chi connectivity index (χ2n) is 4.73. The minimum absolute atomic E-state index is 0.462. The van der Waals surface area contributed by atoms with E-state index in [0.717, 1.165) is 34.7 Å². The highest BCUT2D eigenvalue weighted by Gasteiger charge is 2.18. The molecule has 7 heteroatoms. The Balaban J connectivity index is 1.93. The number of methoxy groups -OCH3 is 1. The Labute approximate surface area is 132 Å². The highest BCUT2D eigenvalue weighted by atomic mass is 32.1. The zero-order valence-electron chi connectivity index (χ0n) is 12.4. The van der Waals surface area contributed by atoms with Gasteiger partial charge in [0.15, 0.2) is 5.13 Å². The lowest BCUT2D eigenvalue weighted by Crippen LogP contribution is -1.88. The maximum Gasteiger partial charge on any atom is 0.270 e. The molecule has 0 bridgehead atoms. The van der Waals surface area contributed by atoms with Crippen molar-refractivity contribution in [2.24, 2.45) is 0 Å². The van der Waals surface area contributed by atoms with Crippen molar-refractivity contribution in [3.05, 3.63) is 30.0 Å². The first-order valence-electron chi connectivity index (χ1n) is 6.95. The van der Waals surface area contributed by atoms with Crippen LogP contribution in [0.15, 0.2) is 28.8 Å². The van der Waals surface area contributed by atoms with E-state index in [1.807, 2.05) is 24.3 Å². The van der Waals surface area contributed by atoms with Crippen LogP contribution >= 0.6 is 11.3 Å². The Morgan fingerprint density at radius 2 is 2.00 bits per heavy atom. The third-order valence-corrected chi connectivity index (χ3v) is 4.08. The third kappa shape index (κ3) is 2.80. The molecule has 0 saturated carbocycles. The van der Waals surface area contributed by atoms with Gasteiger partial charge in [0.05, 0.1) is 12.8 Å². The Morgan fingerprint density at radius 1 is 1.23 bits per heavy atom. The van der Waals surface area contributed by atoms with E-state index in [-0.39, 0.29) is 0 Å². The molecule has 2 aromatic heterocycles. The number of ether oxygens (including phenoxy) is 1. The summed E-state index contributed by atoms with van der Waals surface area (Å²) < 4.78 is 10.5. The fraction of sp³-hybridized carbons (Fsp3) is 0.267. The number of nitrogens with zero attached hydrogens (tertiary/aromatic N) is 3. The number of anilines is 1. The first kappa shape index (κ1) is 14.5. The summed E-state index contributed by atoms with van der Waals surface area (Å²) in [6.07, 6.45) is 1.82. The van der Waals surface area contributed by atoms with Crippen LogP contribution in [0.5, 0.6) is 5.75 Å². The Morgan fingerprint density at radius 3 is 2.68 bits per heavy atom. The molecule has 0 aliphatic heterocycles. The number of nitrogen functional groups attached to an aromatic ring is 1. The van der Waals surface area contributed by atoms with Crippen molar-refractivity contribution >= 4 is 16.5 Å². The van der Waals surface area contributed by atoms with Crippen molar-refractivity contribution in [3.8, 4) is 27.9 Å². The predicted molar refractivity (Wildman–Crippen MR) is 85.8 cm³/mol. The topological polar surface area (TPSA) is 87.1 Å². The average Bonchev–Trinajstić information content (AvgIpc) is 3.14. The summed E-state index contributed by atoms with van der Waals surface area (Å²) in [6, 6.07) is 7.50. The monoisotopic (exact) mass is 316 g/mol. The maximum atomic E-state index is 5.80. The lowest BCUT2D eigenvalue weighted by Gasteiger charge is -1.98. The minimum atomic E-state index is 0.462. The van der Waals surface area contributed by atoms with Crippen molar-refractivity contribution in [1.82, 2.24) is 15.1 Å². The fourth-order valence-electron chi connectivity index (χ4n) is 2.12. The largest absolute Gasteiger partial charge is 0.497 e. The van der Waals surface area contributed by atoms with Gasteiger partial charge in [0, 0.05) is 5.56 Å². The Hall–Kier alpha value is -2.41. The molecule has 0 radical (unpaired) electrons. The Bertz CT molecular complexity index is 764. The summed E-state index contributed by atoms with van der Waals surface area (Å²) in [6.45, 7) is 2.09. The molecule has 22 heavy (non-hydrogen) atoms. The molecule has 0 aliphatic rings. The lowest BCUT2D eigenvalue weighted by atomic mass is 10.2. The molecule has 0 amide bonds. The molecule has 0 saturated heterocycles. The molecular weight excluding hydrogens is 300 g/mol. The molecule has 3 aromatic rings. The van der Waals surface area contributed by atoms with Crippen LogP contribution in [0.3, 0.4) is 0 Å². The van der Waals surface area contributed by atoms with Crippen LogP contribution in [0, 0.1) is 0 Å². The SMILES string of the molecule is CCCc1nc(N)sc1-c1nc(-c2ccc(OC)cc2)no1. The van der Waals surface area contributed by atoms with Gasteiger partial charge in [-0.2, -0.15) is 4.98 Å². The zero-order valence-corrected chi connectivity index (χ0v) is 13.2. The van der Waals surface area contributed by atoms with Gasteiger partial charge in [0.25, 0.3) is 5.89 Å². The number of rotatable bonds is 5. The van der Waals surface area contributed by atoms with Gasteiger partial charge < -0.3 is 15.0 Å². The number of nitrogens with two attached hydrogens (primary N) is 1. The summed E-state index contributed by atoms with van der Waals surface area (Å²) in [4.78, 5) is 9.65. The van der Waals surface area contributed by atoms with Crippen LogP contribution < -0.4 is 10.5 Å². The minimum Gasteiger partial charge on any atom is -0.497 e. The predicted octanol–water partition coefficient (Wildman–Crippen LogP) is 3.40. The smallest absolute Gasteiger partial charge is 0.270 e. The molecule has 6 nitrogen and oxygen atoms in total. The molecule has 114 valence electrons. The molecular formula is C15H16N4O2S. The van der Waals surface area contributed by atoms with E-state index in [9.17, 15) is 0 Å². The van der Waals surface area contributed by atoms with E-state index in [0.29, 0.717) is 16.8 Å². The van der Waals surface area contributed by atoms with Gasteiger partial charge in [0.2, 0.25) is 5.82 Å². The number of hydrogen-bond donors (Lipinski definition) is 1. The van der Waals surface area contributed by atoms with Gasteiger partial charge >= 0.3 is 0 Å². The van der Waals surface area contributed by atoms with Crippen molar-refractivity contribution in [2.45, 2.75) is 19.8 Å². The first-order valence-corrected chi connectivity index (χ1v) is 7.76. The second-order valence-corrected chi connectivity index (χ2v) is 5.76. The molecule has 0 atom stereocenters. The molecule has 2 N–H and O–H groups in total. The van der Waals surface area contributed by atoms with Gasteiger partial charge in [-0.3, -0.25) is 0 Å². The van der Waals surface area contributed by atoms with Gasteiger partial charge in [-0.15, -0.1) is 0 Å². The van der Waals surface area contributed by atoms with E-state index >= 15 is 0 Å². The molecule has 2 heterocycles. The second kappa shape index (κ2) is 6.15. The van der Waals surface area contributed by atoms with Crippen molar-refractivity contribution in [3.63, 3.8) is 0 Å². The van der Waals surface area contributed by atoms with Crippen molar-refractivity contribution < 1.29 is 9.26 Å². The van der Waals surface area contributed by atoms with Crippen LogP contribution in [0.25, 0.3) is 22.2 Å². The normalized spacial score (nSPS) is 10.8. The summed E-state index contributed by atoms with van der Waals surface area (Å²) in [7, 11) is 1.63. The summed E-state index contributed by atoms with van der Waals surface area (Å²) in [5.41, 5.74) is 7.58. The van der Waals surface area contributed by atoms with Crippen LogP contribution in [0.1, 0.15) is 19.0 Å². The third-order valence-electron chi connectivity index (χ3n) is 3.17. The van der Waals surface area contributed by atoms with Crippen molar-refractivity contribution in [2.75, 3.05) is 12.8 Å². The molecule has 0 unspecified atom stereocenters. The molecule has 0 aliphatic carbocycles. The average molecular weight is 316 g/mol. The number of aryl methyl sites for hydroxylation is 1. The van der Waals surface area contributed by atoms with Gasteiger partial charge in [0.1, 0.15) is 10.6 Å². The number of hydrogen-bond acceptors (Lipinski definition) is 7. The van der Waals surface area contributed by atoms with E-state index in [1.165, 1.54) is 11.3 Å². The quantitative estimate of drug-likeness (QED) is 0.776. The lowest BCUT2D eigenvalue weighted by molar-refractivity contribution is 0.415. The summed E-state index contributed by atoms with van der Waals surface area (Å²) in [5, 5.41) is 4.56. The fourth-order valence-corrected chi connectivity index (χ4v) is 2.92. The van der Waals surface area contributed by atoms with E-state index in [4.69, 9.17) is 15.0 Å². The van der Waals surface area contributed by atoms with Crippen LogP contribution in [0.2, 0.25) is 0 Å². The van der Waals surface area contributed by atoms with Gasteiger partial charge in [-0.25, -0.2) is 4.98 Å². The van der Waals surface area contributed by atoms with E-state index < -0.39 is 0 Å². The maximum absolute atomic E-state index is 5.80. The zero-order chi connectivity index (χ0) is 15.5. The van der Waals surface area contributed by atoms with Crippen LogP contribution in [-0.4, -0.2) is 22.2 Å². The van der Waals surface area contributed by atoms with Crippen LogP contribution in [-0.2, 0) is 6.42 Å². The van der Waals surface area contributed by atoms with Gasteiger partial charge in [-0.1, -0.05) is 29.8 Å². The number of benzene rings is 1. The summed E-state index contributed by atoms with van der Waals surface area (Å²) >= 11 is 1.37. The van der Waals surface area contributed by atoms with E-state index in [1.54, 1.807) is 7.11 Å². The first-order chi connectivity index (χ1) is 10.7. The standard InChI is InChI=1S/C15H16N4O2S/c1-3-4-11-12(22-15(16)17-11)14-18-13(19-21-14)9-5-7-10(20-2)8-6-9/h5-8H,3-4H2,1-2H3,(H2,16,17). The van der Waals surface area contributed by atoms with E-state index in [2.05, 4.69) is 22.0 Å². The highest BCUT2D eigenvalue weighted by molar-refractivity contribution is 7.18. The Kier molecular flexibility index (Phi) is 4.06. The van der Waals surface area contributed by atoms with Gasteiger partial charge in [-0.05, 0) is 30.7 Å².